The van der Waals surface area contributed by atoms with Crippen molar-refractivity contribution in [3.63, 3.8) is 0 Å². The van der Waals surface area contributed by atoms with Crippen molar-refractivity contribution in [2.75, 3.05) is 40.5 Å². The molecule has 1 aromatic heterocycles. The maximum atomic E-state index is 13.4. The summed E-state index contributed by atoms with van der Waals surface area (Å²) in [4.78, 5) is 30.6. The van der Waals surface area contributed by atoms with Crippen molar-refractivity contribution in [3.05, 3.63) is 46.2 Å². The summed E-state index contributed by atoms with van der Waals surface area (Å²) in [5, 5.41) is 1.29. The highest BCUT2D eigenvalue weighted by Gasteiger charge is 2.28. The number of ether oxygens (including phenoxy) is 3. The Morgan fingerprint density at radius 3 is 2.62 bits per heavy atom. The highest BCUT2D eigenvalue weighted by atomic mass is 35.5. The maximum Gasteiger partial charge on any atom is 0.242 e. The monoisotopic (exact) mass is 508 g/mol. The largest absolute Gasteiger partial charge is 0.493 e. The van der Waals surface area contributed by atoms with Crippen LogP contribution in [0.3, 0.4) is 0 Å². The van der Waals surface area contributed by atoms with E-state index in [1.54, 1.807) is 42.3 Å². The Balaban J connectivity index is 1.72. The first kappa shape index (κ1) is 26.3. The molecule has 34 heavy (non-hydrogen) atoms. The molecule has 2 heterocycles. The van der Waals surface area contributed by atoms with Crippen LogP contribution in [0.1, 0.15) is 30.2 Å². The van der Waals surface area contributed by atoms with Gasteiger partial charge in [0.05, 0.1) is 33.4 Å². The van der Waals surface area contributed by atoms with Crippen molar-refractivity contribution >= 4 is 34.8 Å². The Morgan fingerprint density at radius 2 is 2.00 bits per heavy atom. The molecule has 2 amide bonds. The number of hydrogen-bond acceptors (Lipinski definition) is 6. The van der Waals surface area contributed by atoms with Gasteiger partial charge in [0, 0.05) is 24.6 Å². The lowest BCUT2D eigenvalue weighted by atomic mass is 10.1. The van der Waals surface area contributed by atoms with E-state index in [1.807, 2.05) is 35.7 Å². The van der Waals surface area contributed by atoms with Gasteiger partial charge in [-0.1, -0.05) is 12.1 Å². The predicted octanol–water partition coefficient (Wildman–Crippen LogP) is 3.97. The van der Waals surface area contributed by atoms with Gasteiger partial charge in [-0.2, -0.15) is 0 Å². The van der Waals surface area contributed by atoms with E-state index in [2.05, 4.69) is 0 Å². The Bertz CT molecular complexity index is 931. The molecule has 1 saturated heterocycles. The number of amides is 2. The molecule has 1 fully saturated rings. The molecule has 0 spiro atoms. The summed E-state index contributed by atoms with van der Waals surface area (Å²) in [7, 11) is 3.20. The van der Waals surface area contributed by atoms with Crippen LogP contribution in [0.15, 0.2) is 35.7 Å². The molecule has 1 aliphatic heterocycles. The molecule has 2 unspecified atom stereocenters. The first-order chi connectivity index (χ1) is 16.4. The molecule has 0 saturated carbocycles. The van der Waals surface area contributed by atoms with E-state index in [0.717, 1.165) is 23.3 Å². The van der Waals surface area contributed by atoms with Gasteiger partial charge in [-0.05, 0) is 55.3 Å². The van der Waals surface area contributed by atoms with Gasteiger partial charge < -0.3 is 24.0 Å². The molecular weight excluding hydrogens is 476 g/mol. The van der Waals surface area contributed by atoms with Crippen LogP contribution in [0, 0.1) is 0 Å². The van der Waals surface area contributed by atoms with Gasteiger partial charge >= 0.3 is 0 Å². The summed E-state index contributed by atoms with van der Waals surface area (Å²) in [5.41, 5.74) is 1.03. The number of benzene rings is 1. The van der Waals surface area contributed by atoms with E-state index in [9.17, 15) is 9.59 Å². The molecule has 2 aromatic rings. The zero-order chi connectivity index (χ0) is 24.5. The highest BCUT2D eigenvalue weighted by Crippen LogP contribution is 2.28. The molecule has 1 aliphatic rings. The third-order valence-corrected chi connectivity index (χ3v) is 6.87. The zero-order valence-corrected chi connectivity index (χ0v) is 21.6. The number of carbonyl (C=O) groups excluding carboxylic acids is 2. The van der Waals surface area contributed by atoms with Crippen LogP contribution < -0.4 is 9.47 Å². The quantitative estimate of drug-likeness (QED) is 0.406. The van der Waals surface area contributed by atoms with Crippen molar-refractivity contribution < 1.29 is 23.8 Å². The topological polar surface area (TPSA) is 68.3 Å². The summed E-state index contributed by atoms with van der Waals surface area (Å²) in [5.74, 6) is 0.954. The first-order valence-corrected chi connectivity index (χ1v) is 12.8. The van der Waals surface area contributed by atoms with E-state index < -0.39 is 5.38 Å². The minimum Gasteiger partial charge on any atom is -0.493 e. The SMILES string of the molecule is COc1ccc(CCN(Cc2cccs2)C(=O)CN(CC2CCCO2)C(=O)C(C)Cl)cc1OC. The van der Waals surface area contributed by atoms with Crippen molar-refractivity contribution in [1.29, 1.82) is 0 Å². The summed E-state index contributed by atoms with van der Waals surface area (Å²) < 4.78 is 16.4. The molecular formula is C25H33ClN2O5S. The summed E-state index contributed by atoms with van der Waals surface area (Å²) >= 11 is 7.71. The van der Waals surface area contributed by atoms with Crippen LogP contribution in [-0.2, 0) is 27.3 Å². The molecule has 0 N–H and O–H groups in total. The lowest BCUT2D eigenvalue weighted by molar-refractivity contribution is -0.141. The van der Waals surface area contributed by atoms with Crippen LogP contribution in [0.25, 0.3) is 0 Å². The number of rotatable bonds is 12. The van der Waals surface area contributed by atoms with E-state index in [1.165, 1.54) is 0 Å². The van der Waals surface area contributed by atoms with Crippen LogP contribution in [0.5, 0.6) is 11.5 Å². The van der Waals surface area contributed by atoms with Gasteiger partial charge in [-0.3, -0.25) is 9.59 Å². The van der Waals surface area contributed by atoms with E-state index in [-0.39, 0.29) is 24.5 Å². The van der Waals surface area contributed by atoms with Gasteiger partial charge in [-0.15, -0.1) is 22.9 Å². The summed E-state index contributed by atoms with van der Waals surface area (Å²) in [6.07, 6.45) is 2.44. The molecule has 186 valence electrons. The molecule has 9 heteroatoms. The standard InChI is InChI=1S/C25H33ClN2O5S/c1-18(26)25(30)28(15-20-6-4-12-33-20)17-24(29)27(16-21-7-5-13-34-21)11-10-19-8-9-22(31-2)23(14-19)32-3/h5,7-9,13-14,18,20H,4,6,10-12,15-17H2,1-3H3. The van der Waals surface area contributed by atoms with Crippen LogP contribution in [-0.4, -0.2) is 73.6 Å². The lowest BCUT2D eigenvalue weighted by Gasteiger charge is -2.29. The molecule has 2 atom stereocenters. The average molecular weight is 509 g/mol. The fourth-order valence-corrected chi connectivity index (χ4v) is 4.82. The number of methoxy groups -OCH3 is 2. The van der Waals surface area contributed by atoms with Gasteiger partial charge in [0.15, 0.2) is 11.5 Å². The normalized spacial score (nSPS) is 16.2. The number of halogens is 1. The minimum absolute atomic E-state index is 0.0208. The number of thiophene rings is 1. The number of carbonyl (C=O) groups is 2. The summed E-state index contributed by atoms with van der Waals surface area (Å²) in [6.45, 7) is 3.67. The van der Waals surface area contributed by atoms with Gasteiger partial charge in [-0.25, -0.2) is 0 Å². The number of alkyl halides is 1. The molecule has 3 rings (SSSR count). The number of nitrogens with zero attached hydrogens (tertiary/aromatic N) is 2. The van der Waals surface area contributed by atoms with Crippen LogP contribution >= 0.6 is 22.9 Å². The van der Waals surface area contributed by atoms with Crippen molar-refractivity contribution in [3.8, 4) is 11.5 Å². The highest BCUT2D eigenvalue weighted by molar-refractivity contribution is 7.09. The average Bonchev–Trinajstić information content (AvgIpc) is 3.54. The second-order valence-electron chi connectivity index (χ2n) is 8.30. The van der Waals surface area contributed by atoms with Gasteiger partial charge in [0.1, 0.15) is 5.38 Å². The van der Waals surface area contributed by atoms with Gasteiger partial charge in [0.2, 0.25) is 11.8 Å². The molecule has 7 nitrogen and oxygen atoms in total. The Morgan fingerprint density at radius 1 is 1.21 bits per heavy atom. The zero-order valence-electron chi connectivity index (χ0n) is 20.0. The van der Waals surface area contributed by atoms with E-state index in [0.29, 0.717) is 44.2 Å². The molecule has 1 aromatic carbocycles. The van der Waals surface area contributed by atoms with Crippen LogP contribution in [0.4, 0.5) is 0 Å². The third-order valence-electron chi connectivity index (χ3n) is 5.82. The lowest BCUT2D eigenvalue weighted by Crippen LogP contribution is -2.47. The smallest absolute Gasteiger partial charge is 0.242 e. The van der Waals surface area contributed by atoms with Gasteiger partial charge in [0.25, 0.3) is 0 Å². The van der Waals surface area contributed by atoms with Crippen molar-refractivity contribution in [2.24, 2.45) is 0 Å². The van der Waals surface area contributed by atoms with Crippen molar-refractivity contribution in [2.45, 2.75) is 44.2 Å². The van der Waals surface area contributed by atoms with Crippen LogP contribution in [0.2, 0.25) is 0 Å². The maximum absolute atomic E-state index is 13.4. The second kappa shape index (κ2) is 13.0. The predicted molar refractivity (Wildman–Crippen MR) is 134 cm³/mol. The fraction of sp³-hybridized carbons (Fsp3) is 0.520. The summed E-state index contributed by atoms with van der Waals surface area (Å²) in [6, 6.07) is 9.74. The minimum atomic E-state index is -0.702. The molecule has 0 bridgehead atoms. The molecule has 0 aliphatic carbocycles. The second-order valence-corrected chi connectivity index (χ2v) is 9.99. The Kier molecular flexibility index (Phi) is 10.0. The first-order valence-electron chi connectivity index (χ1n) is 11.5. The third kappa shape index (κ3) is 7.35. The van der Waals surface area contributed by atoms with E-state index >= 15 is 0 Å². The van der Waals surface area contributed by atoms with Crippen molar-refractivity contribution in [1.82, 2.24) is 9.80 Å². The van der Waals surface area contributed by atoms with E-state index in [4.69, 9.17) is 25.8 Å². The fourth-order valence-electron chi connectivity index (χ4n) is 3.96. The Labute approximate surface area is 210 Å². The molecule has 0 radical (unpaired) electrons. The number of hydrogen-bond donors (Lipinski definition) is 0. The Hall–Kier alpha value is -2.29.